The molecule has 0 spiro atoms. The molecule has 0 saturated carbocycles. The zero-order valence-electron chi connectivity index (χ0n) is 12.0. The Kier molecular flexibility index (Phi) is 4.93. The normalized spacial score (nSPS) is 11.9. The van der Waals surface area contributed by atoms with Gasteiger partial charge in [0, 0.05) is 34.0 Å². The first-order chi connectivity index (χ1) is 10.0. The summed E-state index contributed by atoms with van der Waals surface area (Å²) in [5, 5.41) is 14.6. The Labute approximate surface area is 127 Å². The molecule has 4 nitrogen and oxygen atoms in total. The topological polar surface area (TPSA) is 70.6 Å². The fourth-order valence-corrected chi connectivity index (χ4v) is 2.99. The van der Waals surface area contributed by atoms with Crippen LogP contribution in [0.3, 0.4) is 0 Å². The molecule has 112 valence electrons. The number of oxime groups is 1. The number of thiophene rings is 1. The van der Waals surface area contributed by atoms with Crippen LogP contribution in [0.1, 0.15) is 26.4 Å². The van der Waals surface area contributed by atoms with E-state index in [9.17, 15) is 4.39 Å². The summed E-state index contributed by atoms with van der Waals surface area (Å²) < 4.78 is 13.9. The first-order valence-corrected chi connectivity index (χ1v) is 7.36. The summed E-state index contributed by atoms with van der Waals surface area (Å²) in [5.74, 6) is -0.469. The number of rotatable bonds is 5. The highest BCUT2D eigenvalue weighted by atomic mass is 32.1. The fourth-order valence-electron chi connectivity index (χ4n) is 1.96. The molecule has 1 aromatic carbocycles. The zero-order chi connectivity index (χ0) is 15.4. The van der Waals surface area contributed by atoms with E-state index in [2.05, 4.69) is 30.4 Å². The van der Waals surface area contributed by atoms with Crippen molar-refractivity contribution >= 4 is 17.2 Å². The van der Waals surface area contributed by atoms with Crippen molar-refractivity contribution < 1.29 is 9.60 Å². The quantitative estimate of drug-likeness (QED) is 0.344. The Morgan fingerprint density at radius 2 is 2.10 bits per heavy atom. The van der Waals surface area contributed by atoms with Crippen molar-refractivity contribution in [2.24, 2.45) is 10.9 Å². The number of aryl methyl sites for hydroxylation is 2. The van der Waals surface area contributed by atoms with E-state index in [-0.39, 0.29) is 11.7 Å². The molecule has 0 unspecified atom stereocenters. The van der Waals surface area contributed by atoms with Gasteiger partial charge in [0.1, 0.15) is 5.82 Å². The third-order valence-electron chi connectivity index (χ3n) is 3.29. The van der Waals surface area contributed by atoms with Gasteiger partial charge in [-0.25, -0.2) is 4.39 Å². The minimum absolute atomic E-state index is 0.0991. The van der Waals surface area contributed by atoms with Crippen LogP contribution < -0.4 is 11.1 Å². The molecule has 0 bridgehead atoms. The van der Waals surface area contributed by atoms with E-state index < -0.39 is 0 Å². The van der Waals surface area contributed by atoms with Crippen molar-refractivity contribution in [3.8, 4) is 0 Å². The van der Waals surface area contributed by atoms with Crippen LogP contribution in [-0.2, 0) is 13.1 Å². The molecule has 0 aliphatic carbocycles. The van der Waals surface area contributed by atoms with Crippen molar-refractivity contribution in [3.05, 3.63) is 56.5 Å². The van der Waals surface area contributed by atoms with Crippen molar-refractivity contribution in [3.63, 3.8) is 0 Å². The third kappa shape index (κ3) is 3.80. The highest BCUT2D eigenvalue weighted by Crippen LogP contribution is 2.20. The van der Waals surface area contributed by atoms with Crippen LogP contribution in [-0.4, -0.2) is 11.0 Å². The van der Waals surface area contributed by atoms with Gasteiger partial charge in [-0.05, 0) is 31.5 Å². The SMILES string of the molecule is Cc1cc(CNCc2ccc(C(N)=NO)cc2F)sc1C. The van der Waals surface area contributed by atoms with E-state index in [4.69, 9.17) is 10.9 Å². The number of nitrogens with two attached hydrogens (primary N) is 1. The van der Waals surface area contributed by atoms with Gasteiger partial charge in [-0.15, -0.1) is 11.3 Å². The summed E-state index contributed by atoms with van der Waals surface area (Å²) in [7, 11) is 0. The minimum Gasteiger partial charge on any atom is -0.409 e. The van der Waals surface area contributed by atoms with Crippen molar-refractivity contribution in [1.29, 1.82) is 0 Å². The van der Waals surface area contributed by atoms with Gasteiger partial charge >= 0.3 is 0 Å². The van der Waals surface area contributed by atoms with Gasteiger partial charge in [0.15, 0.2) is 5.84 Å². The maximum absolute atomic E-state index is 13.9. The summed E-state index contributed by atoms with van der Waals surface area (Å²) >= 11 is 1.75. The highest BCUT2D eigenvalue weighted by molar-refractivity contribution is 7.12. The van der Waals surface area contributed by atoms with Crippen LogP contribution in [0, 0.1) is 19.7 Å². The van der Waals surface area contributed by atoms with Gasteiger partial charge < -0.3 is 16.3 Å². The summed E-state index contributed by atoms with van der Waals surface area (Å²) in [5.41, 5.74) is 7.62. The molecule has 0 fully saturated rings. The third-order valence-corrected chi connectivity index (χ3v) is 4.44. The molecule has 0 aliphatic heterocycles. The van der Waals surface area contributed by atoms with Crippen LogP contribution >= 0.6 is 11.3 Å². The second-order valence-corrected chi connectivity index (χ2v) is 6.19. The van der Waals surface area contributed by atoms with Crippen molar-refractivity contribution in [2.75, 3.05) is 0 Å². The molecule has 0 amide bonds. The van der Waals surface area contributed by atoms with Crippen LogP contribution in [0.2, 0.25) is 0 Å². The van der Waals surface area contributed by atoms with Crippen molar-refractivity contribution in [1.82, 2.24) is 5.32 Å². The maximum atomic E-state index is 13.9. The predicted molar refractivity (Wildman–Crippen MR) is 83.2 cm³/mol. The van der Waals surface area contributed by atoms with Crippen molar-refractivity contribution in [2.45, 2.75) is 26.9 Å². The van der Waals surface area contributed by atoms with E-state index >= 15 is 0 Å². The summed E-state index contributed by atoms with van der Waals surface area (Å²) in [4.78, 5) is 2.54. The minimum atomic E-state index is -0.370. The number of hydrogen-bond donors (Lipinski definition) is 3. The molecular formula is C15H18FN3OS. The number of halogens is 1. The molecule has 0 atom stereocenters. The Morgan fingerprint density at radius 3 is 2.67 bits per heavy atom. The van der Waals surface area contributed by atoms with E-state index in [1.165, 1.54) is 21.4 Å². The Bertz CT molecular complexity index is 647. The van der Waals surface area contributed by atoms with Gasteiger partial charge in [-0.3, -0.25) is 0 Å². The lowest BCUT2D eigenvalue weighted by molar-refractivity contribution is 0.318. The summed E-state index contributed by atoms with van der Waals surface area (Å²) in [6, 6.07) is 6.69. The molecule has 2 aromatic rings. The molecule has 21 heavy (non-hydrogen) atoms. The predicted octanol–water partition coefficient (Wildman–Crippen LogP) is 2.89. The Balaban J connectivity index is 1.97. The summed E-state index contributed by atoms with van der Waals surface area (Å²) in [6.07, 6.45) is 0. The van der Waals surface area contributed by atoms with E-state index in [0.29, 0.717) is 24.2 Å². The van der Waals surface area contributed by atoms with Gasteiger partial charge in [-0.2, -0.15) is 0 Å². The molecule has 6 heteroatoms. The molecule has 1 aromatic heterocycles. The smallest absolute Gasteiger partial charge is 0.170 e. The lowest BCUT2D eigenvalue weighted by Crippen LogP contribution is -2.16. The molecule has 1 heterocycles. The lowest BCUT2D eigenvalue weighted by Gasteiger charge is -2.06. The standard InChI is InChI=1S/C15H18FN3OS/c1-9-5-13(21-10(9)2)8-18-7-12-4-3-11(6-14(12)16)15(17)19-20/h3-6,18,20H,7-8H2,1-2H3,(H2,17,19). The van der Waals surface area contributed by atoms with Gasteiger partial charge in [0.25, 0.3) is 0 Å². The number of nitrogens with zero attached hydrogens (tertiary/aromatic N) is 1. The average Bonchev–Trinajstić information content (AvgIpc) is 2.78. The molecule has 0 aliphatic rings. The summed E-state index contributed by atoms with van der Waals surface area (Å²) in [6.45, 7) is 5.31. The Hall–Kier alpha value is -1.92. The van der Waals surface area contributed by atoms with E-state index in [0.717, 1.165) is 0 Å². The lowest BCUT2D eigenvalue weighted by atomic mass is 10.1. The molecule has 0 saturated heterocycles. The van der Waals surface area contributed by atoms with Gasteiger partial charge in [0.2, 0.25) is 0 Å². The zero-order valence-corrected chi connectivity index (χ0v) is 12.8. The first-order valence-electron chi connectivity index (χ1n) is 6.54. The molecular weight excluding hydrogens is 289 g/mol. The van der Waals surface area contributed by atoms with E-state index in [1.807, 2.05) is 0 Å². The second-order valence-electron chi connectivity index (χ2n) is 4.85. The highest BCUT2D eigenvalue weighted by Gasteiger charge is 2.07. The first kappa shape index (κ1) is 15.5. The average molecular weight is 307 g/mol. The number of amidine groups is 1. The monoisotopic (exact) mass is 307 g/mol. The van der Waals surface area contributed by atoms with Crippen LogP contribution in [0.25, 0.3) is 0 Å². The molecule has 4 N–H and O–H groups in total. The number of hydrogen-bond acceptors (Lipinski definition) is 4. The van der Waals surface area contributed by atoms with Gasteiger partial charge in [-0.1, -0.05) is 17.3 Å². The van der Waals surface area contributed by atoms with Gasteiger partial charge in [0.05, 0.1) is 0 Å². The second kappa shape index (κ2) is 6.69. The fraction of sp³-hybridized carbons (Fsp3) is 0.267. The maximum Gasteiger partial charge on any atom is 0.170 e. The van der Waals surface area contributed by atoms with E-state index in [1.54, 1.807) is 23.5 Å². The largest absolute Gasteiger partial charge is 0.409 e. The molecule has 2 rings (SSSR count). The number of nitrogens with one attached hydrogen (secondary N) is 1. The number of benzene rings is 1. The van der Waals surface area contributed by atoms with Crippen LogP contribution in [0.5, 0.6) is 0 Å². The Morgan fingerprint density at radius 1 is 1.33 bits per heavy atom. The molecule has 0 radical (unpaired) electrons. The van der Waals surface area contributed by atoms with Crippen LogP contribution in [0.4, 0.5) is 4.39 Å². The van der Waals surface area contributed by atoms with Crippen LogP contribution in [0.15, 0.2) is 29.4 Å².